The Morgan fingerprint density at radius 3 is 2.21 bits per heavy atom. The van der Waals surface area contributed by atoms with Crippen LogP contribution in [0.2, 0.25) is 0 Å². The summed E-state index contributed by atoms with van der Waals surface area (Å²) in [4.78, 5) is 23.9. The summed E-state index contributed by atoms with van der Waals surface area (Å²) < 4.78 is 41.6. The number of benzene rings is 1. The summed E-state index contributed by atoms with van der Waals surface area (Å²) in [5.74, 6) is -4.25. The molecule has 0 aliphatic rings. The Bertz CT molecular complexity index is 636. The van der Waals surface area contributed by atoms with Gasteiger partial charge < -0.3 is 14.2 Å². The molecule has 9 heteroatoms. The van der Waals surface area contributed by atoms with E-state index in [1.165, 1.54) is 6.07 Å². The van der Waals surface area contributed by atoms with Gasteiger partial charge in [0.15, 0.2) is 12.4 Å². The van der Waals surface area contributed by atoms with Crippen LogP contribution in [0.15, 0.2) is 12.1 Å². The van der Waals surface area contributed by atoms with Crippen molar-refractivity contribution in [1.82, 2.24) is 0 Å². The highest BCUT2D eigenvalue weighted by Crippen LogP contribution is 2.30. The van der Waals surface area contributed by atoms with E-state index in [1.54, 1.807) is 26.8 Å². The first-order valence-electron chi connectivity index (χ1n) is 6.73. The van der Waals surface area contributed by atoms with Crippen LogP contribution >= 0.6 is 45.2 Å². The molecule has 0 spiro atoms. The summed E-state index contributed by atoms with van der Waals surface area (Å²) in [6.45, 7) is 4.54. The zero-order valence-electron chi connectivity index (χ0n) is 13.4. The summed E-state index contributed by atoms with van der Waals surface area (Å²) in [6, 6.07) is 3.05. The first kappa shape index (κ1) is 21.3. The maximum absolute atomic E-state index is 12.9. The molecule has 1 aromatic carbocycles. The summed E-state index contributed by atoms with van der Waals surface area (Å²) in [5.41, 5.74) is -0.905. The molecule has 134 valence electrons. The molecule has 0 fully saturated rings. The quantitative estimate of drug-likeness (QED) is 0.290. The number of halogens is 4. The van der Waals surface area contributed by atoms with E-state index in [2.05, 4.69) is 4.74 Å². The lowest BCUT2D eigenvalue weighted by atomic mass is 10.2. The van der Waals surface area contributed by atoms with Crippen LogP contribution in [0.4, 0.5) is 13.6 Å². The van der Waals surface area contributed by atoms with Crippen LogP contribution in [0.25, 0.3) is 0 Å². The zero-order valence-corrected chi connectivity index (χ0v) is 17.7. The fourth-order valence-corrected chi connectivity index (χ4v) is 3.39. The van der Waals surface area contributed by atoms with Crippen LogP contribution in [0.3, 0.4) is 0 Å². The fraction of sp³-hybridized carbons (Fsp3) is 0.467. The van der Waals surface area contributed by atoms with Gasteiger partial charge in [0, 0.05) is 10.5 Å². The van der Waals surface area contributed by atoms with Crippen molar-refractivity contribution in [1.29, 1.82) is 0 Å². The molecule has 0 aromatic heterocycles. The van der Waals surface area contributed by atoms with Gasteiger partial charge in [-0.1, -0.05) is 0 Å². The standard InChI is InChI=1S/C15H16F2I2O5/c1-14(2,3)24-13(21)23-11-9(5-8(18)6-10(11)19)12(20)22-7-15(4,16)17/h5-6H,7H2,1-4H3. The Morgan fingerprint density at radius 2 is 1.71 bits per heavy atom. The number of ether oxygens (including phenoxy) is 3. The third-order valence-electron chi connectivity index (χ3n) is 2.26. The Morgan fingerprint density at radius 1 is 1.12 bits per heavy atom. The van der Waals surface area contributed by atoms with Crippen molar-refractivity contribution in [3.8, 4) is 5.75 Å². The molecule has 24 heavy (non-hydrogen) atoms. The van der Waals surface area contributed by atoms with Crippen LogP contribution in [-0.2, 0) is 9.47 Å². The highest BCUT2D eigenvalue weighted by molar-refractivity contribution is 14.1. The number of esters is 1. The third-order valence-corrected chi connectivity index (χ3v) is 3.68. The van der Waals surface area contributed by atoms with Crippen molar-refractivity contribution >= 4 is 57.3 Å². The molecule has 0 saturated carbocycles. The molecule has 0 aliphatic heterocycles. The lowest BCUT2D eigenvalue weighted by molar-refractivity contribution is -0.0468. The van der Waals surface area contributed by atoms with E-state index < -0.39 is 30.3 Å². The van der Waals surface area contributed by atoms with Gasteiger partial charge in [-0.05, 0) is 78.1 Å². The number of carbonyl (C=O) groups excluding carboxylic acids is 2. The van der Waals surface area contributed by atoms with E-state index >= 15 is 0 Å². The molecule has 0 heterocycles. The van der Waals surface area contributed by atoms with E-state index in [1.807, 2.05) is 45.2 Å². The maximum Gasteiger partial charge on any atom is 0.514 e. The molecular weight excluding hydrogens is 552 g/mol. The minimum absolute atomic E-state index is 0.0883. The molecule has 0 amide bonds. The van der Waals surface area contributed by atoms with Gasteiger partial charge in [-0.3, -0.25) is 0 Å². The normalized spacial score (nSPS) is 11.8. The van der Waals surface area contributed by atoms with Crippen LogP contribution in [-0.4, -0.2) is 30.3 Å². The number of hydrogen-bond donors (Lipinski definition) is 0. The van der Waals surface area contributed by atoms with Crippen LogP contribution in [0.5, 0.6) is 5.75 Å². The van der Waals surface area contributed by atoms with Crippen molar-refractivity contribution < 1.29 is 32.6 Å². The van der Waals surface area contributed by atoms with Gasteiger partial charge >= 0.3 is 12.1 Å². The van der Waals surface area contributed by atoms with Crippen LogP contribution in [0, 0.1) is 7.14 Å². The molecule has 0 aliphatic carbocycles. The number of hydrogen-bond acceptors (Lipinski definition) is 5. The predicted octanol–water partition coefficient (Wildman–Crippen LogP) is 5.02. The van der Waals surface area contributed by atoms with Crippen molar-refractivity contribution in [2.24, 2.45) is 0 Å². The lowest BCUT2D eigenvalue weighted by Gasteiger charge is -2.20. The summed E-state index contributed by atoms with van der Waals surface area (Å²) in [6.07, 6.45) is -1.00. The highest BCUT2D eigenvalue weighted by Gasteiger charge is 2.27. The highest BCUT2D eigenvalue weighted by atomic mass is 127. The largest absolute Gasteiger partial charge is 0.514 e. The Kier molecular flexibility index (Phi) is 7.20. The summed E-state index contributed by atoms with van der Waals surface area (Å²) in [7, 11) is 0. The smallest absolute Gasteiger partial charge is 0.456 e. The van der Waals surface area contributed by atoms with Gasteiger partial charge in [0.05, 0.1) is 3.57 Å². The fourth-order valence-electron chi connectivity index (χ4n) is 1.44. The maximum atomic E-state index is 12.9. The predicted molar refractivity (Wildman–Crippen MR) is 99.6 cm³/mol. The molecule has 1 rings (SSSR count). The molecule has 5 nitrogen and oxygen atoms in total. The SMILES string of the molecule is CC(F)(F)COC(=O)c1cc(I)cc(I)c1OC(=O)OC(C)(C)C. The molecule has 0 bridgehead atoms. The van der Waals surface area contributed by atoms with E-state index in [4.69, 9.17) is 9.47 Å². The second-order valence-corrected chi connectivity index (χ2v) is 8.38. The first-order valence-corrected chi connectivity index (χ1v) is 8.89. The van der Waals surface area contributed by atoms with E-state index in [-0.39, 0.29) is 11.3 Å². The average molecular weight is 568 g/mol. The van der Waals surface area contributed by atoms with Gasteiger partial charge in [-0.25, -0.2) is 18.4 Å². The zero-order chi connectivity index (χ0) is 18.7. The Labute approximate surface area is 165 Å². The second kappa shape index (κ2) is 8.11. The average Bonchev–Trinajstić information content (AvgIpc) is 2.35. The van der Waals surface area contributed by atoms with Gasteiger partial charge in [0.1, 0.15) is 11.2 Å². The van der Waals surface area contributed by atoms with Gasteiger partial charge in [-0.15, -0.1) is 0 Å². The third kappa shape index (κ3) is 7.45. The molecule has 0 atom stereocenters. The summed E-state index contributed by atoms with van der Waals surface area (Å²) in [5, 5.41) is 0. The Balaban J connectivity index is 3.07. The van der Waals surface area contributed by atoms with Crippen LogP contribution < -0.4 is 4.74 Å². The molecule has 0 saturated heterocycles. The Hall–Kier alpha value is -0.720. The van der Waals surface area contributed by atoms with Gasteiger partial charge in [-0.2, -0.15) is 0 Å². The number of carbonyl (C=O) groups is 2. The minimum Gasteiger partial charge on any atom is -0.456 e. The monoisotopic (exact) mass is 568 g/mol. The van der Waals surface area contributed by atoms with E-state index in [0.717, 1.165) is 0 Å². The van der Waals surface area contributed by atoms with Gasteiger partial charge in [0.25, 0.3) is 5.92 Å². The topological polar surface area (TPSA) is 61.8 Å². The van der Waals surface area contributed by atoms with Crippen molar-refractivity contribution in [2.75, 3.05) is 6.61 Å². The molecule has 1 aromatic rings. The van der Waals surface area contributed by atoms with Crippen molar-refractivity contribution in [3.05, 3.63) is 24.8 Å². The van der Waals surface area contributed by atoms with E-state index in [9.17, 15) is 18.4 Å². The summed E-state index contributed by atoms with van der Waals surface area (Å²) >= 11 is 3.82. The molecule has 0 unspecified atom stereocenters. The molecular formula is C15H16F2I2O5. The molecule has 0 radical (unpaired) electrons. The number of alkyl halides is 2. The lowest BCUT2D eigenvalue weighted by Crippen LogP contribution is -2.27. The second-order valence-electron chi connectivity index (χ2n) is 5.98. The van der Waals surface area contributed by atoms with Crippen LogP contribution in [0.1, 0.15) is 38.1 Å². The van der Waals surface area contributed by atoms with Crippen molar-refractivity contribution in [2.45, 2.75) is 39.2 Å². The minimum atomic E-state index is -3.16. The van der Waals surface area contributed by atoms with Crippen molar-refractivity contribution in [3.63, 3.8) is 0 Å². The van der Waals surface area contributed by atoms with Gasteiger partial charge in [0.2, 0.25) is 0 Å². The first-order chi connectivity index (χ1) is 10.8. The molecule has 0 N–H and O–H groups in total. The number of rotatable bonds is 4. The van der Waals surface area contributed by atoms with E-state index in [0.29, 0.717) is 14.1 Å².